The van der Waals surface area contributed by atoms with Crippen molar-refractivity contribution in [2.24, 2.45) is 16.7 Å². The van der Waals surface area contributed by atoms with E-state index in [0.717, 1.165) is 18.4 Å². The number of hydrogen-bond donors (Lipinski definition) is 0. The summed E-state index contributed by atoms with van der Waals surface area (Å²) in [4.78, 5) is 0.365. The normalized spacial score (nSPS) is 22.0. The molecule has 1 aliphatic rings. The van der Waals surface area contributed by atoms with Crippen LogP contribution in [0.5, 0.6) is 0 Å². The predicted octanol–water partition coefficient (Wildman–Crippen LogP) is 5.04. The Hall–Kier alpha value is -0.910. The minimum atomic E-state index is -3.51. The standard InChI is InChI=1S/C22H37NO3S/c1-9-21(4,5)18-14-20(2,3)16-23(15-18)27(24,25)19-12-10-17(11-13-19)22(6,7)26-8/h10-13,18H,9,14-16H2,1-8H3. The van der Waals surface area contributed by atoms with E-state index in [9.17, 15) is 8.42 Å². The van der Waals surface area contributed by atoms with Crippen molar-refractivity contribution in [1.82, 2.24) is 4.31 Å². The Morgan fingerprint density at radius 2 is 1.70 bits per heavy atom. The van der Waals surface area contributed by atoms with Gasteiger partial charge in [0.25, 0.3) is 0 Å². The summed E-state index contributed by atoms with van der Waals surface area (Å²) in [7, 11) is -1.85. The van der Waals surface area contributed by atoms with Crippen molar-refractivity contribution < 1.29 is 13.2 Å². The molecule has 1 fully saturated rings. The van der Waals surface area contributed by atoms with Gasteiger partial charge in [-0.15, -0.1) is 0 Å². The first-order chi connectivity index (χ1) is 12.2. The molecule has 0 amide bonds. The van der Waals surface area contributed by atoms with Crippen LogP contribution in [0.15, 0.2) is 29.2 Å². The number of methoxy groups -OCH3 is 1. The van der Waals surface area contributed by atoms with Crippen LogP contribution in [0.1, 0.15) is 66.9 Å². The van der Waals surface area contributed by atoms with Gasteiger partial charge in [-0.3, -0.25) is 0 Å². The molecule has 5 heteroatoms. The molecule has 0 bridgehead atoms. The van der Waals surface area contributed by atoms with Gasteiger partial charge in [0.2, 0.25) is 10.0 Å². The Kier molecular flexibility index (Phi) is 6.21. The molecule has 1 saturated heterocycles. The first kappa shape index (κ1) is 22.4. The molecule has 0 N–H and O–H groups in total. The Morgan fingerprint density at radius 1 is 1.15 bits per heavy atom. The molecule has 1 heterocycles. The highest BCUT2D eigenvalue weighted by Crippen LogP contribution is 2.44. The summed E-state index contributed by atoms with van der Waals surface area (Å²) in [5.74, 6) is 0.354. The molecule has 0 radical (unpaired) electrons. The minimum Gasteiger partial charge on any atom is -0.374 e. The van der Waals surface area contributed by atoms with Crippen molar-refractivity contribution in [1.29, 1.82) is 0 Å². The van der Waals surface area contributed by atoms with Gasteiger partial charge in [0.1, 0.15) is 0 Å². The zero-order valence-corrected chi connectivity index (χ0v) is 19.1. The zero-order valence-electron chi connectivity index (χ0n) is 18.3. The summed E-state index contributed by atoms with van der Waals surface area (Å²) in [5.41, 5.74) is 0.622. The van der Waals surface area contributed by atoms with Gasteiger partial charge >= 0.3 is 0 Å². The fourth-order valence-electron chi connectivity index (χ4n) is 3.87. The summed E-state index contributed by atoms with van der Waals surface area (Å²) in [6.45, 7) is 16.2. The maximum atomic E-state index is 13.4. The van der Waals surface area contributed by atoms with E-state index in [1.807, 2.05) is 26.0 Å². The summed E-state index contributed by atoms with van der Waals surface area (Å²) in [6.07, 6.45) is 2.10. The number of hydrogen-bond acceptors (Lipinski definition) is 3. The van der Waals surface area contributed by atoms with Gasteiger partial charge in [0, 0.05) is 20.2 Å². The Bertz CT molecular complexity index is 748. The average molecular weight is 396 g/mol. The molecule has 1 unspecified atom stereocenters. The molecule has 0 aliphatic carbocycles. The van der Waals surface area contributed by atoms with Crippen LogP contribution < -0.4 is 0 Å². The van der Waals surface area contributed by atoms with Gasteiger partial charge in [-0.05, 0) is 54.7 Å². The van der Waals surface area contributed by atoms with E-state index in [1.54, 1.807) is 23.5 Å². The molecule has 1 aromatic rings. The van der Waals surface area contributed by atoms with Gasteiger partial charge in [-0.1, -0.05) is 53.2 Å². The number of benzene rings is 1. The second kappa shape index (κ2) is 7.49. The highest BCUT2D eigenvalue weighted by atomic mass is 32.2. The van der Waals surface area contributed by atoms with Gasteiger partial charge in [-0.25, -0.2) is 8.42 Å². The van der Waals surface area contributed by atoms with Crippen LogP contribution in [-0.4, -0.2) is 32.9 Å². The minimum absolute atomic E-state index is 0.0274. The van der Waals surface area contributed by atoms with E-state index in [1.165, 1.54) is 0 Å². The van der Waals surface area contributed by atoms with E-state index in [-0.39, 0.29) is 10.8 Å². The first-order valence-corrected chi connectivity index (χ1v) is 11.3. The molecule has 2 rings (SSSR count). The largest absolute Gasteiger partial charge is 0.374 e. The predicted molar refractivity (Wildman–Crippen MR) is 111 cm³/mol. The van der Waals surface area contributed by atoms with E-state index >= 15 is 0 Å². The van der Waals surface area contributed by atoms with Gasteiger partial charge in [0.05, 0.1) is 10.5 Å². The first-order valence-electron chi connectivity index (χ1n) is 9.91. The molecular formula is C22H37NO3S. The van der Waals surface area contributed by atoms with Crippen molar-refractivity contribution in [3.8, 4) is 0 Å². The quantitative estimate of drug-likeness (QED) is 0.678. The van der Waals surface area contributed by atoms with Crippen molar-refractivity contribution in [3.05, 3.63) is 29.8 Å². The third-order valence-corrected chi connectivity index (χ3v) is 8.37. The molecule has 1 atom stereocenters. The van der Waals surface area contributed by atoms with Gasteiger partial charge in [-0.2, -0.15) is 4.31 Å². The van der Waals surface area contributed by atoms with Gasteiger partial charge < -0.3 is 4.74 Å². The van der Waals surface area contributed by atoms with Crippen LogP contribution in [0.4, 0.5) is 0 Å². The topological polar surface area (TPSA) is 46.6 Å². The fourth-order valence-corrected chi connectivity index (χ4v) is 5.55. The summed E-state index contributed by atoms with van der Waals surface area (Å²) < 4.78 is 33.9. The summed E-state index contributed by atoms with van der Waals surface area (Å²) >= 11 is 0. The van der Waals surface area contributed by atoms with Crippen LogP contribution in [0.3, 0.4) is 0 Å². The molecule has 27 heavy (non-hydrogen) atoms. The molecule has 0 aromatic heterocycles. The van der Waals surface area contributed by atoms with Crippen molar-refractivity contribution in [3.63, 3.8) is 0 Å². The molecule has 4 nitrogen and oxygen atoms in total. The van der Waals surface area contributed by atoms with E-state index in [2.05, 4.69) is 34.6 Å². The zero-order chi connectivity index (χ0) is 20.7. The fraction of sp³-hybridized carbons (Fsp3) is 0.727. The molecule has 0 spiro atoms. The number of piperidine rings is 1. The molecule has 1 aliphatic heterocycles. The van der Waals surface area contributed by atoms with Crippen molar-refractivity contribution in [2.45, 2.75) is 71.8 Å². The molecular weight excluding hydrogens is 358 g/mol. The SMILES string of the molecule is CCC(C)(C)C1CN(S(=O)(=O)c2ccc(C(C)(C)OC)cc2)CC(C)(C)C1. The number of rotatable bonds is 6. The number of sulfonamides is 1. The number of nitrogens with zero attached hydrogens (tertiary/aromatic N) is 1. The van der Waals surface area contributed by atoms with Gasteiger partial charge in [0.15, 0.2) is 0 Å². The average Bonchev–Trinajstić information content (AvgIpc) is 2.60. The van der Waals surface area contributed by atoms with E-state index in [0.29, 0.717) is 23.9 Å². The second-order valence-corrected chi connectivity index (χ2v) is 11.9. The Labute approximate surface area is 166 Å². The highest BCUT2D eigenvalue weighted by molar-refractivity contribution is 7.89. The lowest BCUT2D eigenvalue weighted by Crippen LogP contribution is -2.50. The second-order valence-electron chi connectivity index (χ2n) is 9.94. The van der Waals surface area contributed by atoms with Crippen LogP contribution in [-0.2, 0) is 20.4 Å². The van der Waals surface area contributed by atoms with Crippen molar-refractivity contribution in [2.75, 3.05) is 20.2 Å². The van der Waals surface area contributed by atoms with Crippen LogP contribution in [0, 0.1) is 16.7 Å². The Morgan fingerprint density at radius 3 is 2.19 bits per heavy atom. The monoisotopic (exact) mass is 395 g/mol. The lowest BCUT2D eigenvalue weighted by Gasteiger charge is -2.47. The number of ether oxygens (including phenoxy) is 1. The highest BCUT2D eigenvalue weighted by Gasteiger charge is 2.43. The lowest BCUT2D eigenvalue weighted by atomic mass is 9.67. The van der Waals surface area contributed by atoms with Crippen molar-refractivity contribution >= 4 is 10.0 Å². The smallest absolute Gasteiger partial charge is 0.243 e. The van der Waals surface area contributed by atoms with E-state index in [4.69, 9.17) is 4.74 Å². The molecule has 0 saturated carbocycles. The third kappa shape index (κ3) is 4.75. The van der Waals surface area contributed by atoms with Crippen LogP contribution in [0.25, 0.3) is 0 Å². The Balaban J connectivity index is 2.34. The summed E-state index contributed by atoms with van der Waals surface area (Å²) in [6, 6.07) is 7.15. The maximum absolute atomic E-state index is 13.4. The maximum Gasteiger partial charge on any atom is 0.243 e. The van der Waals surface area contributed by atoms with E-state index < -0.39 is 15.6 Å². The third-order valence-electron chi connectivity index (χ3n) is 6.54. The van der Waals surface area contributed by atoms with Crippen LogP contribution in [0.2, 0.25) is 0 Å². The molecule has 154 valence electrons. The van der Waals surface area contributed by atoms with Crippen LogP contribution >= 0.6 is 0 Å². The summed E-state index contributed by atoms with van der Waals surface area (Å²) in [5, 5.41) is 0. The lowest BCUT2D eigenvalue weighted by molar-refractivity contribution is 0.0192. The molecule has 1 aromatic carbocycles.